The van der Waals surface area contributed by atoms with Gasteiger partial charge in [-0.25, -0.2) is 13.2 Å². The molecule has 0 saturated heterocycles. The molecule has 0 amide bonds. The zero-order valence-corrected chi connectivity index (χ0v) is 8.87. The Hall–Kier alpha value is -1.49. The first-order valence-electron chi connectivity index (χ1n) is 4.88. The topological polar surface area (TPSA) is 27.8 Å². The third-order valence-corrected chi connectivity index (χ3v) is 2.68. The maximum absolute atomic E-state index is 13.4. The number of benzene rings is 1. The third-order valence-electron chi connectivity index (χ3n) is 2.68. The predicted octanol–water partition coefficient (Wildman–Crippen LogP) is 2.87. The Balaban J connectivity index is 2.70. The zero-order valence-electron chi connectivity index (χ0n) is 8.87. The van der Waals surface area contributed by atoms with E-state index in [2.05, 4.69) is 10.3 Å². The molecule has 2 aromatic rings. The highest BCUT2D eigenvalue weighted by atomic mass is 19.2. The van der Waals surface area contributed by atoms with E-state index in [1.807, 2.05) is 6.92 Å². The number of H-pyrrole nitrogens is 1. The average molecular weight is 228 g/mol. The van der Waals surface area contributed by atoms with Crippen LogP contribution in [-0.2, 0) is 0 Å². The average Bonchev–Trinajstić information content (AvgIpc) is 2.70. The van der Waals surface area contributed by atoms with Crippen LogP contribution in [0.15, 0.2) is 12.1 Å². The van der Waals surface area contributed by atoms with E-state index in [-0.39, 0.29) is 16.9 Å². The van der Waals surface area contributed by atoms with Crippen LogP contribution < -0.4 is 5.32 Å². The quantitative estimate of drug-likeness (QED) is 0.760. The second kappa shape index (κ2) is 3.83. The standard InChI is InChI=1S/C11H11F3N2/c1-5(15-2)9-3-6-10(14)7(12)4-8(13)11(6)16-9/h3-5,15-16H,1-2H3. The smallest absolute Gasteiger partial charge is 0.168 e. The van der Waals surface area contributed by atoms with Crippen LogP contribution in [-0.4, -0.2) is 12.0 Å². The van der Waals surface area contributed by atoms with Gasteiger partial charge in [0.05, 0.1) is 5.52 Å². The first kappa shape index (κ1) is 11.0. The van der Waals surface area contributed by atoms with Gasteiger partial charge in [0.15, 0.2) is 11.6 Å². The van der Waals surface area contributed by atoms with Crippen molar-refractivity contribution in [2.45, 2.75) is 13.0 Å². The van der Waals surface area contributed by atoms with E-state index in [9.17, 15) is 13.2 Å². The Morgan fingerprint density at radius 1 is 1.19 bits per heavy atom. The van der Waals surface area contributed by atoms with Crippen molar-refractivity contribution < 1.29 is 13.2 Å². The number of hydrogen-bond donors (Lipinski definition) is 2. The zero-order chi connectivity index (χ0) is 11.9. The number of hydrogen-bond acceptors (Lipinski definition) is 1. The van der Waals surface area contributed by atoms with Crippen LogP contribution in [0, 0.1) is 17.5 Å². The minimum Gasteiger partial charge on any atom is -0.355 e. The Morgan fingerprint density at radius 3 is 2.50 bits per heavy atom. The van der Waals surface area contributed by atoms with Crippen molar-refractivity contribution in [3.05, 3.63) is 35.3 Å². The van der Waals surface area contributed by atoms with Crippen molar-refractivity contribution in [1.29, 1.82) is 0 Å². The van der Waals surface area contributed by atoms with E-state index in [0.717, 1.165) is 0 Å². The largest absolute Gasteiger partial charge is 0.355 e. The lowest BCUT2D eigenvalue weighted by molar-refractivity contribution is 0.505. The van der Waals surface area contributed by atoms with Gasteiger partial charge < -0.3 is 10.3 Å². The fourth-order valence-corrected chi connectivity index (χ4v) is 1.60. The molecular formula is C11H11F3N2. The number of aromatic amines is 1. The molecule has 2 nitrogen and oxygen atoms in total. The molecule has 0 aliphatic carbocycles. The molecule has 1 unspecified atom stereocenters. The minimum absolute atomic E-state index is 0.00370. The summed E-state index contributed by atoms with van der Waals surface area (Å²) in [6, 6.07) is 1.87. The molecule has 1 aromatic carbocycles. The van der Waals surface area contributed by atoms with Crippen molar-refractivity contribution in [3.8, 4) is 0 Å². The number of rotatable bonds is 2. The molecule has 1 aromatic heterocycles. The normalized spacial score (nSPS) is 13.3. The van der Waals surface area contributed by atoms with Gasteiger partial charge in [0.2, 0.25) is 0 Å². The SMILES string of the molecule is CNC(C)c1cc2c(F)c(F)cc(F)c2[nH]1. The number of halogens is 3. The van der Waals surface area contributed by atoms with E-state index < -0.39 is 17.5 Å². The molecule has 16 heavy (non-hydrogen) atoms. The van der Waals surface area contributed by atoms with Crippen LogP contribution >= 0.6 is 0 Å². The van der Waals surface area contributed by atoms with E-state index in [1.165, 1.54) is 6.07 Å². The molecule has 0 spiro atoms. The summed E-state index contributed by atoms with van der Waals surface area (Å²) in [7, 11) is 1.73. The summed E-state index contributed by atoms with van der Waals surface area (Å²) in [6.45, 7) is 1.83. The van der Waals surface area contributed by atoms with Gasteiger partial charge in [-0.3, -0.25) is 0 Å². The Labute approximate surface area is 90.5 Å². The molecule has 86 valence electrons. The van der Waals surface area contributed by atoms with E-state index in [4.69, 9.17) is 0 Å². The molecule has 0 saturated carbocycles. The maximum Gasteiger partial charge on any atom is 0.168 e. The third kappa shape index (κ3) is 1.57. The molecule has 1 atom stereocenters. The first-order valence-corrected chi connectivity index (χ1v) is 4.88. The van der Waals surface area contributed by atoms with E-state index >= 15 is 0 Å². The highest BCUT2D eigenvalue weighted by molar-refractivity contribution is 5.82. The van der Waals surface area contributed by atoms with Gasteiger partial charge in [-0.15, -0.1) is 0 Å². The van der Waals surface area contributed by atoms with Crippen LogP contribution in [0.25, 0.3) is 10.9 Å². The van der Waals surface area contributed by atoms with Gasteiger partial charge >= 0.3 is 0 Å². The summed E-state index contributed by atoms with van der Waals surface area (Å²) in [5, 5.41) is 2.87. The van der Waals surface area contributed by atoms with E-state index in [1.54, 1.807) is 7.05 Å². The molecular weight excluding hydrogens is 217 g/mol. The molecule has 2 rings (SSSR count). The number of fused-ring (bicyclic) bond motifs is 1. The van der Waals surface area contributed by atoms with Gasteiger partial charge in [0.25, 0.3) is 0 Å². The van der Waals surface area contributed by atoms with Crippen LogP contribution in [0.4, 0.5) is 13.2 Å². The molecule has 0 fully saturated rings. The van der Waals surface area contributed by atoms with Crippen molar-refractivity contribution in [2.24, 2.45) is 0 Å². The Bertz CT molecular complexity index is 533. The molecule has 0 aliphatic rings. The van der Waals surface area contributed by atoms with Gasteiger partial charge in [-0.2, -0.15) is 0 Å². The Morgan fingerprint density at radius 2 is 1.88 bits per heavy atom. The summed E-state index contributed by atoms with van der Waals surface area (Å²) in [5.74, 6) is -2.99. The highest BCUT2D eigenvalue weighted by Crippen LogP contribution is 2.26. The first-order chi connectivity index (χ1) is 7.54. The van der Waals surface area contributed by atoms with Crippen LogP contribution in [0.3, 0.4) is 0 Å². The van der Waals surface area contributed by atoms with E-state index in [0.29, 0.717) is 11.8 Å². The summed E-state index contributed by atoms with van der Waals surface area (Å²) >= 11 is 0. The van der Waals surface area contributed by atoms with Crippen molar-refractivity contribution in [2.75, 3.05) is 7.05 Å². The molecule has 5 heteroatoms. The van der Waals surface area contributed by atoms with Crippen LogP contribution in [0.2, 0.25) is 0 Å². The summed E-state index contributed by atoms with van der Waals surface area (Å²) in [5.41, 5.74) is 0.608. The summed E-state index contributed by atoms with van der Waals surface area (Å²) < 4.78 is 39.7. The highest BCUT2D eigenvalue weighted by Gasteiger charge is 2.16. The van der Waals surface area contributed by atoms with Crippen molar-refractivity contribution >= 4 is 10.9 Å². The summed E-state index contributed by atoms with van der Waals surface area (Å²) in [4.78, 5) is 2.74. The van der Waals surface area contributed by atoms with Crippen LogP contribution in [0.1, 0.15) is 18.7 Å². The van der Waals surface area contributed by atoms with Gasteiger partial charge in [0.1, 0.15) is 5.82 Å². The molecule has 0 aliphatic heterocycles. The predicted molar refractivity (Wildman–Crippen MR) is 55.6 cm³/mol. The molecule has 0 radical (unpaired) electrons. The van der Waals surface area contributed by atoms with Gasteiger partial charge in [-0.05, 0) is 20.0 Å². The second-order valence-electron chi connectivity index (χ2n) is 3.68. The minimum atomic E-state index is -1.17. The fourth-order valence-electron chi connectivity index (χ4n) is 1.60. The fraction of sp³-hybridized carbons (Fsp3) is 0.273. The lowest BCUT2D eigenvalue weighted by Crippen LogP contribution is -2.12. The lowest BCUT2D eigenvalue weighted by atomic mass is 10.2. The van der Waals surface area contributed by atoms with Gasteiger partial charge in [-0.1, -0.05) is 0 Å². The second-order valence-corrected chi connectivity index (χ2v) is 3.68. The summed E-state index contributed by atoms with van der Waals surface area (Å²) in [6.07, 6.45) is 0. The lowest BCUT2D eigenvalue weighted by Gasteiger charge is -2.06. The number of aromatic nitrogens is 1. The van der Waals surface area contributed by atoms with Crippen LogP contribution in [0.5, 0.6) is 0 Å². The maximum atomic E-state index is 13.4. The molecule has 1 heterocycles. The number of nitrogens with one attached hydrogen (secondary N) is 2. The molecule has 2 N–H and O–H groups in total. The van der Waals surface area contributed by atoms with Gasteiger partial charge in [0, 0.05) is 23.2 Å². The Kier molecular flexibility index (Phi) is 2.63. The monoisotopic (exact) mass is 228 g/mol. The molecule has 0 bridgehead atoms. The van der Waals surface area contributed by atoms with Crippen molar-refractivity contribution in [3.63, 3.8) is 0 Å². The van der Waals surface area contributed by atoms with Crippen molar-refractivity contribution in [1.82, 2.24) is 10.3 Å².